The van der Waals surface area contributed by atoms with Gasteiger partial charge in [-0.05, 0) is 30.9 Å². The first-order valence-corrected chi connectivity index (χ1v) is 6.56. The number of pyridine rings is 1. The number of halogens is 1. The Balaban J connectivity index is 2.79. The van der Waals surface area contributed by atoms with Gasteiger partial charge >= 0.3 is 0 Å². The van der Waals surface area contributed by atoms with E-state index in [0.717, 1.165) is 18.5 Å². The topological polar surface area (TPSA) is 45.1 Å². The quantitative estimate of drug-likeness (QED) is 0.786. The van der Waals surface area contributed by atoms with E-state index in [9.17, 15) is 4.39 Å². The van der Waals surface area contributed by atoms with Crippen LogP contribution in [0.15, 0.2) is 18.3 Å². The van der Waals surface area contributed by atoms with Gasteiger partial charge in [-0.25, -0.2) is 4.39 Å². The van der Waals surface area contributed by atoms with Gasteiger partial charge in [0.1, 0.15) is 5.82 Å². The van der Waals surface area contributed by atoms with Gasteiger partial charge in [-0.1, -0.05) is 20.8 Å². The number of aliphatic hydroxyl groups excluding tert-OH is 1. The van der Waals surface area contributed by atoms with Crippen molar-refractivity contribution in [1.29, 1.82) is 0 Å². The summed E-state index contributed by atoms with van der Waals surface area (Å²) < 4.78 is 12.9. The molecule has 0 saturated heterocycles. The Labute approximate surface area is 108 Å². The number of aromatic nitrogens is 1. The van der Waals surface area contributed by atoms with E-state index in [-0.39, 0.29) is 24.5 Å². The monoisotopic (exact) mass is 254 g/mol. The molecule has 1 aromatic heterocycles. The SMILES string of the molecule is CCC(CCO)NC(c1ccc(F)cn1)C(C)C. The highest BCUT2D eigenvalue weighted by Crippen LogP contribution is 2.21. The predicted molar refractivity (Wildman–Crippen MR) is 70.7 cm³/mol. The molecule has 0 radical (unpaired) electrons. The summed E-state index contributed by atoms with van der Waals surface area (Å²) in [4.78, 5) is 4.15. The Morgan fingerprint density at radius 2 is 2.11 bits per heavy atom. The molecule has 0 aliphatic rings. The second-order valence-corrected chi connectivity index (χ2v) is 4.91. The third kappa shape index (κ3) is 4.35. The van der Waals surface area contributed by atoms with Gasteiger partial charge in [0.05, 0.1) is 17.9 Å². The number of hydrogen-bond acceptors (Lipinski definition) is 3. The van der Waals surface area contributed by atoms with Crippen LogP contribution >= 0.6 is 0 Å². The van der Waals surface area contributed by atoms with Crippen molar-refractivity contribution in [3.05, 3.63) is 29.8 Å². The van der Waals surface area contributed by atoms with Crippen molar-refractivity contribution in [1.82, 2.24) is 10.3 Å². The first-order valence-electron chi connectivity index (χ1n) is 6.56. The first-order chi connectivity index (χ1) is 8.58. The number of rotatable bonds is 7. The lowest BCUT2D eigenvalue weighted by Crippen LogP contribution is -2.36. The maximum absolute atomic E-state index is 12.9. The third-order valence-electron chi connectivity index (χ3n) is 3.12. The Kier molecular flexibility index (Phi) is 6.22. The molecule has 0 saturated carbocycles. The van der Waals surface area contributed by atoms with E-state index in [1.807, 2.05) is 0 Å². The fraction of sp³-hybridized carbons (Fsp3) is 0.643. The lowest BCUT2D eigenvalue weighted by Gasteiger charge is -2.27. The molecule has 4 heteroatoms. The van der Waals surface area contributed by atoms with Crippen LogP contribution in [0.2, 0.25) is 0 Å². The highest BCUT2D eigenvalue weighted by molar-refractivity contribution is 5.11. The summed E-state index contributed by atoms with van der Waals surface area (Å²) in [6.07, 6.45) is 2.92. The summed E-state index contributed by atoms with van der Waals surface area (Å²) in [6, 6.07) is 3.50. The first kappa shape index (κ1) is 15.1. The highest BCUT2D eigenvalue weighted by Gasteiger charge is 2.20. The van der Waals surface area contributed by atoms with Crippen LogP contribution in [-0.4, -0.2) is 22.7 Å². The van der Waals surface area contributed by atoms with E-state index < -0.39 is 0 Å². The Bertz CT molecular complexity index is 340. The van der Waals surface area contributed by atoms with Gasteiger partial charge in [0.25, 0.3) is 0 Å². The second-order valence-electron chi connectivity index (χ2n) is 4.91. The molecule has 0 spiro atoms. The number of aliphatic hydroxyl groups is 1. The van der Waals surface area contributed by atoms with E-state index in [4.69, 9.17) is 5.11 Å². The minimum absolute atomic E-state index is 0.0853. The summed E-state index contributed by atoms with van der Waals surface area (Å²) in [6.45, 7) is 6.47. The van der Waals surface area contributed by atoms with Crippen LogP contribution in [0.1, 0.15) is 45.3 Å². The Morgan fingerprint density at radius 1 is 1.39 bits per heavy atom. The van der Waals surface area contributed by atoms with E-state index >= 15 is 0 Å². The molecule has 0 aromatic carbocycles. The average Bonchev–Trinajstić information content (AvgIpc) is 2.35. The van der Waals surface area contributed by atoms with Crippen molar-refractivity contribution in [3.8, 4) is 0 Å². The van der Waals surface area contributed by atoms with Gasteiger partial charge in [-0.3, -0.25) is 4.98 Å². The van der Waals surface area contributed by atoms with Crippen LogP contribution < -0.4 is 5.32 Å². The lowest BCUT2D eigenvalue weighted by atomic mass is 9.98. The van der Waals surface area contributed by atoms with Crippen LogP contribution in [0.3, 0.4) is 0 Å². The zero-order valence-electron chi connectivity index (χ0n) is 11.4. The van der Waals surface area contributed by atoms with Gasteiger partial charge in [-0.15, -0.1) is 0 Å². The summed E-state index contributed by atoms with van der Waals surface area (Å²) in [5.74, 6) is 0.0411. The standard InChI is InChI=1S/C14H23FN2O/c1-4-12(7-8-18)17-14(10(2)3)13-6-5-11(15)9-16-13/h5-6,9-10,12,14,17-18H,4,7-8H2,1-3H3. The number of nitrogens with zero attached hydrogens (tertiary/aromatic N) is 1. The van der Waals surface area contributed by atoms with Crippen molar-refractivity contribution >= 4 is 0 Å². The smallest absolute Gasteiger partial charge is 0.141 e. The van der Waals surface area contributed by atoms with Gasteiger partial charge < -0.3 is 10.4 Å². The van der Waals surface area contributed by atoms with Gasteiger partial charge in [-0.2, -0.15) is 0 Å². The molecule has 2 N–H and O–H groups in total. The zero-order chi connectivity index (χ0) is 13.5. The van der Waals surface area contributed by atoms with E-state index in [0.29, 0.717) is 5.92 Å². The van der Waals surface area contributed by atoms with Crippen molar-refractivity contribution in [2.75, 3.05) is 6.61 Å². The molecule has 0 aliphatic carbocycles. The number of nitrogens with one attached hydrogen (secondary N) is 1. The molecule has 18 heavy (non-hydrogen) atoms. The lowest BCUT2D eigenvalue weighted by molar-refractivity contribution is 0.245. The zero-order valence-corrected chi connectivity index (χ0v) is 11.4. The fourth-order valence-corrected chi connectivity index (χ4v) is 2.01. The molecule has 1 aromatic rings. The average molecular weight is 254 g/mol. The summed E-state index contributed by atoms with van der Waals surface area (Å²) in [5, 5.41) is 12.5. The molecule has 2 atom stereocenters. The molecule has 2 unspecified atom stereocenters. The molecule has 0 aliphatic heterocycles. The third-order valence-corrected chi connectivity index (χ3v) is 3.12. The van der Waals surface area contributed by atoms with Gasteiger partial charge in [0.15, 0.2) is 0 Å². The maximum atomic E-state index is 12.9. The van der Waals surface area contributed by atoms with Crippen molar-refractivity contribution in [2.24, 2.45) is 5.92 Å². The maximum Gasteiger partial charge on any atom is 0.141 e. The molecule has 0 fully saturated rings. The predicted octanol–water partition coefficient (Wildman–Crippen LogP) is 2.67. The molecule has 3 nitrogen and oxygen atoms in total. The van der Waals surface area contributed by atoms with Gasteiger partial charge in [0, 0.05) is 12.6 Å². The molecule has 0 bridgehead atoms. The molecule has 0 amide bonds. The van der Waals surface area contributed by atoms with Crippen LogP contribution in [0.5, 0.6) is 0 Å². The summed E-state index contributed by atoms with van der Waals surface area (Å²) in [7, 11) is 0. The van der Waals surface area contributed by atoms with Crippen LogP contribution in [0, 0.1) is 11.7 Å². The molecule has 1 rings (SSSR count). The molecule has 1 heterocycles. The van der Waals surface area contributed by atoms with Crippen LogP contribution in [0.25, 0.3) is 0 Å². The van der Waals surface area contributed by atoms with Crippen LogP contribution in [-0.2, 0) is 0 Å². The van der Waals surface area contributed by atoms with Crippen molar-refractivity contribution in [2.45, 2.75) is 45.7 Å². The van der Waals surface area contributed by atoms with Crippen LogP contribution in [0.4, 0.5) is 4.39 Å². The van der Waals surface area contributed by atoms with E-state index in [1.54, 1.807) is 6.07 Å². The molecular formula is C14H23FN2O. The Hall–Kier alpha value is -1.00. The van der Waals surface area contributed by atoms with Crippen molar-refractivity contribution in [3.63, 3.8) is 0 Å². The van der Waals surface area contributed by atoms with Crippen molar-refractivity contribution < 1.29 is 9.50 Å². The largest absolute Gasteiger partial charge is 0.396 e. The minimum Gasteiger partial charge on any atom is -0.396 e. The fourth-order valence-electron chi connectivity index (χ4n) is 2.01. The number of hydrogen-bond donors (Lipinski definition) is 2. The highest BCUT2D eigenvalue weighted by atomic mass is 19.1. The normalized spacial score (nSPS) is 14.8. The van der Waals surface area contributed by atoms with Gasteiger partial charge in [0.2, 0.25) is 0 Å². The van der Waals surface area contributed by atoms with E-state index in [2.05, 4.69) is 31.1 Å². The summed E-state index contributed by atoms with van der Waals surface area (Å²) in [5.41, 5.74) is 0.850. The molecule has 102 valence electrons. The summed E-state index contributed by atoms with van der Waals surface area (Å²) >= 11 is 0. The second kappa shape index (κ2) is 7.44. The van der Waals surface area contributed by atoms with E-state index in [1.165, 1.54) is 12.3 Å². The molecular weight excluding hydrogens is 231 g/mol. The minimum atomic E-state index is -0.316. The Morgan fingerprint density at radius 3 is 2.56 bits per heavy atom.